The van der Waals surface area contributed by atoms with Crippen molar-refractivity contribution >= 4 is 40.6 Å². The minimum absolute atomic E-state index is 0.221. The maximum absolute atomic E-state index is 12.4. The number of nitriles is 1. The van der Waals surface area contributed by atoms with Crippen LogP contribution in [0.2, 0.25) is 5.02 Å². The number of hydrogen-bond acceptors (Lipinski definition) is 5. The third-order valence-corrected chi connectivity index (χ3v) is 5.59. The number of ether oxygens (including phenoxy) is 1. The fourth-order valence-electron chi connectivity index (χ4n) is 2.80. The van der Waals surface area contributed by atoms with Crippen molar-refractivity contribution in [2.45, 2.75) is 26.4 Å². The largest absolute Gasteiger partial charge is 0.487 e. The monoisotopic (exact) mass is 426 g/mol. The molecule has 0 aliphatic carbocycles. The summed E-state index contributed by atoms with van der Waals surface area (Å²) < 4.78 is 5.75. The van der Waals surface area contributed by atoms with Crippen LogP contribution in [0.4, 0.5) is 4.79 Å². The molecule has 148 valence electrons. The smallest absolute Gasteiger partial charge is 0.293 e. The fraction of sp³-hybridized carbons (Fsp3) is 0.227. The molecule has 2 amide bonds. The standard InChI is InChI=1S/C22H19ClN2O3S/c1-2-3-10-25-21(26)20(29-22(25)27)12-15-8-9-19(18(23)11-15)28-14-17-7-5-4-6-16(17)13-24/h4-9,11-12H,2-3,10,14H2,1H3/b20-12-. The van der Waals surface area contributed by atoms with Crippen molar-refractivity contribution in [2.24, 2.45) is 0 Å². The number of unbranched alkanes of at least 4 members (excludes halogenated alkanes) is 1. The van der Waals surface area contributed by atoms with E-state index in [0.717, 1.165) is 30.2 Å². The highest BCUT2D eigenvalue weighted by Gasteiger charge is 2.34. The number of carbonyl (C=O) groups is 2. The summed E-state index contributed by atoms with van der Waals surface area (Å²) in [6, 6.07) is 14.5. The summed E-state index contributed by atoms with van der Waals surface area (Å²) >= 11 is 7.27. The van der Waals surface area contributed by atoms with Gasteiger partial charge in [-0.05, 0) is 48.0 Å². The first-order chi connectivity index (χ1) is 14.0. The maximum atomic E-state index is 12.4. The Morgan fingerprint density at radius 1 is 1.24 bits per heavy atom. The van der Waals surface area contributed by atoms with Crippen LogP contribution in [0.15, 0.2) is 47.4 Å². The van der Waals surface area contributed by atoms with E-state index in [1.54, 1.807) is 36.4 Å². The van der Waals surface area contributed by atoms with Crippen LogP contribution in [0.3, 0.4) is 0 Å². The van der Waals surface area contributed by atoms with Gasteiger partial charge in [0, 0.05) is 12.1 Å². The van der Waals surface area contributed by atoms with Crippen LogP contribution in [0.5, 0.6) is 5.75 Å². The van der Waals surface area contributed by atoms with Gasteiger partial charge in [0.15, 0.2) is 0 Å². The topological polar surface area (TPSA) is 70.4 Å². The zero-order chi connectivity index (χ0) is 20.8. The van der Waals surface area contributed by atoms with Crippen LogP contribution in [0.25, 0.3) is 6.08 Å². The summed E-state index contributed by atoms with van der Waals surface area (Å²) in [5, 5.41) is 9.30. The number of carbonyl (C=O) groups excluding carboxylic acids is 2. The fourth-order valence-corrected chi connectivity index (χ4v) is 3.90. The molecular formula is C22H19ClN2O3S. The molecule has 2 aromatic rings. The van der Waals surface area contributed by atoms with E-state index in [-0.39, 0.29) is 17.8 Å². The molecule has 1 saturated heterocycles. The molecule has 0 N–H and O–H groups in total. The third kappa shape index (κ3) is 5.00. The summed E-state index contributed by atoms with van der Waals surface area (Å²) in [5.74, 6) is 0.214. The second-order valence-corrected chi connectivity index (χ2v) is 7.83. The Morgan fingerprint density at radius 3 is 2.76 bits per heavy atom. The SMILES string of the molecule is CCCCN1C(=O)S/C(=C\c2ccc(OCc3ccccc3C#N)c(Cl)c2)C1=O. The van der Waals surface area contributed by atoms with E-state index in [1.807, 2.05) is 19.1 Å². The summed E-state index contributed by atoms with van der Waals surface area (Å²) in [4.78, 5) is 26.1. The molecule has 2 aromatic carbocycles. The molecule has 5 nitrogen and oxygen atoms in total. The van der Waals surface area contributed by atoms with Crippen molar-refractivity contribution in [1.82, 2.24) is 4.90 Å². The lowest BCUT2D eigenvalue weighted by Crippen LogP contribution is -2.29. The highest BCUT2D eigenvalue weighted by atomic mass is 35.5. The second kappa shape index (κ2) is 9.64. The second-order valence-electron chi connectivity index (χ2n) is 6.43. The van der Waals surface area contributed by atoms with E-state index >= 15 is 0 Å². The summed E-state index contributed by atoms with van der Waals surface area (Å²) in [6.07, 6.45) is 3.37. The van der Waals surface area contributed by atoms with E-state index in [2.05, 4.69) is 6.07 Å². The lowest BCUT2D eigenvalue weighted by molar-refractivity contribution is -0.122. The van der Waals surface area contributed by atoms with Crippen molar-refractivity contribution in [1.29, 1.82) is 5.26 Å². The molecule has 0 unspecified atom stereocenters. The number of hydrogen-bond donors (Lipinski definition) is 0. The lowest BCUT2D eigenvalue weighted by Gasteiger charge is -2.11. The number of amides is 2. The van der Waals surface area contributed by atoms with Gasteiger partial charge >= 0.3 is 0 Å². The Hall–Kier alpha value is -2.75. The van der Waals surface area contributed by atoms with Crippen molar-refractivity contribution in [3.05, 3.63) is 69.1 Å². The first-order valence-corrected chi connectivity index (χ1v) is 10.4. The Labute approximate surface area is 178 Å². The van der Waals surface area contributed by atoms with Gasteiger partial charge in [-0.2, -0.15) is 5.26 Å². The van der Waals surface area contributed by atoms with Gasteiger partial charge in [0.2, 0.25) is 0 Å². The Balaban J connectivity index is 1.71. The Bertz CT molecular complexity index is 1010. The van der Waals surface area contributed by atoms with Gasteiger partial charge in [-0.15, -0.1) is 0 Å². The highest BCUT2D eigenvalue weighted by Crippen LogP contribution is 2.34. The highest BCUT2D eigenvalue weighted by molar-refractivity contribution is 8.18. The Morgan fingerprint density at radius 2 is 2.03 bits per heavy atom. The van der Waals surface area contributed by atoms with Crippen LogP contribution in [0, 0.1) is 11.3 Å². The van der Waals surface area contributed by atoms with E-state index in [9.17, 15) is 9.59 Å². The molecule has 3 rings (SSSR count). The first kappa shape index (κ1) is 21.0. The Kier molecular flexibility index (Phi) is 6.97. The van der Waals surface area contributed by atoms with Crippen LogP contribution < -0.4 is 4.74 Å². The molecule has 0 saturated carbocycles. The minimum atomic E-state index is -0.266. The number of thioether (sulfide) groups is 1. The van der Waals surface area contributed by atoms with Gasteiger partial charge in [0.1, 0.15) is 12.4 Å². The van der Waals surface area contributed by atoms with E-state index < -0.39 is 0 Å². The van der Waals surface area contributed by atoms with Crippen LogP contribution in [-0.2, 0) is 11.4 Å². The average Bonchev–Trinajstić information content (AvgIpc) is 2.98. The predicted octanol–water partition coefficient (Wildman–Crippen LogP) is 5.63. The van der Waals surface area contributed by atoms with Gasteiger partial charge in [-0.25, -0.2) is 0 Å². The summed E-state index contributed by atoms with van der Waals surface area (Å²) in [6.45, 7) is 2.68. The van der Waals surface area contributed by atoms with E-state index in [4.69, 9.17) is 21.6 Å². The van der Waals surface area contributed by atoms with E-state index in [1.165, 1.54) is 4.90 Å². The number of benzene rings is 2. The van der Waals surface area contributed by atoms with Crippen LogP contribution in [-0.4, -0.2) is 22.6 Å². The van der Waals surface area contributed by atoms with Crippen molar-refractivity contribution < 1.29 is 14.3 Å². The van der Waals surface area contributed by atoms with Gasteiger partial charge in [0.25, 0.3) is 11.1 Å². The van der Waals surface area contributed by atoms with Crippen LogP contribution >= 0.6 is 23.4 Å². The van der Waals surface area contributed by atoms with Gasteiger partial charge in [-0.3, -0.25) is 14.5 Å². The van der Waals surface area contributed by atoms with Crippen molar-refractivity contribution in [3.63, 3.8) is 0 Å². The van der Waals surface area contributed by atoms with Crippen molar-refractivity contribution in [3.8, 4) is 11.8 Å². The number of imide groups is 1. The zero-order valence-electron chi connectivity index (χ0n) is 15.9. The van der Waals surface area contributed by atoms with Gasteiger partial charge in [-0.1, -0.05) is 49.2 Å². The van der Waals surface area contributed by atoms with Crippen LogP contribution in [0.1, 0.15) is 36.5 Å². The number of halogens is 1. The molecule has 1 fully saturated rings. The molecule has 1 heterocycles. The molecule has 0 bridgehead atoms. The third-order valence-electron chi connectivity index (χ3n) is 4.38. The lowest BCUT2D eigenvalue weighted by atomic mass is 10.1. The minimum Gasteiger partial charge on any atom is -0.487 e. The molecule has 0 aromatic heterocycles. The summed E-state index contributed by atoms with van der Waals surface area (Å²) in [7, 11) is 0. The number of nitrogens with zero attached hydrogens (tertiary/aromatic N) is 2. The molecule has 7 heteroatoms. The predicted molar refractivity (Wildman–Crippen MR) is 115 cm³/mol. The molecule has 0 radical (unpaired) electrons. The van der Waals surface area contributed by atoms with E-state index in [0.29, 0.717) is 33.3 Å². The first-order valence-electron chi connectivity index (χ1n) is 9.19. The zero-order valence-corrected chi connectivity index (χ0v) is 17.4. The molecule has 1 aliphatic rings. The molecular weight excluding hydrogens is 408 g/mol. The average molecular weight is 427 g/mol. The molecule has 29 heavy (non-hydrogen) atoms. The number of rotatable bonds is 7. The quantitative estimate of drug-likeness (QED) is 0.537. The molecule has 0 atom stereocenters. The molecule has 1 aliphatic heterocycles. The van der Waals surface area contributed by atoms with Gasteiger partial charge < -0.3 is 4.74 Å². The van der Waals surface area contributed by atoms with Gasteiger partial charge in [0.05, 0.1) is 21.6 Å². The van der Waals surface area contributed by atoms with Crippen molar-refractivity contribution in [2.75, 3.05) is 6.54 Å². The molecule has 0 spiro atoms. The normalized spacial score (nSPS) is 15.1. The summed E-state index contributed by atoms with van der Waals surface area (Å²) in [5.41, 5.74) is 2.04. The maximum Gasteiger partial charge on any atom is 0.293 e.